The lowest BCUT2D eigenvalue weighted by Crippen LogP contribution is -2.49. The SMILES string of the molecule is CC(C)(O)C(C)(C)OBc1cccc(-c2ncn(C3CCCCO3)n2)c1. The van der Waals surface area contributed by atoms with Crippen LogP contribution in [0.15, 0.2) is 30.6 Å². The predicted molar refractivity (Wildman–Crippen MR) is 103 cm³/mol. The van der Waals surface area contributed by atoms with Gasteiger partial charge in [-0.25, -0.2) is 9.67 Å². The Hall–Kier alpha value is -1.70. The van der Waals surface area contributed by atoms with Crippen LogP contribution in [0.2, 0.25) is 0 Å². The summed E-state index contributed by atoms with van der Waals surface area (Å²) in [6, 6.07) is 8.00. The Kier molecular flexibility index (Phi) is 5.51. The first kappa shape index (κ1) is 19.1. The summed E-state index contributed by atoms with van der Waals surface area (Å²) in [7, 11) is 0.414. The number of benzene rings is 1. The van der Waals surface area contributed by atoms with Crippen molar-refractivity contribution in [2.24, 2.45) is 0 Å². The molecule has 1 N–H and O–H groups in total. The van der Waals surface area contributed by atoms with Crippen LogP contribution in [0.3, 0.4) is 0 Å². The lowest BCUT2D eigenvalue weighted by molar-refractivity contribution is -0.0893. The van der Waals surface area contributed by atoms with Gasteiger partial charge in [-0.15, -0.1) is 5.10 Å². The normalized spacial score (nSPS) is 18.7. The van der Waals surface area contributed by atoms with E-state index in [4.69, 9.17) is 9.39 Å². The molecule has 1 aromatic heterocycles. The number of aliphatic hydroxyl groups is 1. The van der Waals surface area contributed by atoms with E-state index in [0.717, 1.165) is 36.9 Å². The highest BCUT2D eigenvalue weighted by Gasteiger charge is 2.35. The minimum Gasteiger partial charge on any atom is -0.427 e. The maximum atomic E-state index is 10.2. The molecule has 1 aliphatic rings. The predicted octanol–water partition coefficient (Wildman–Crippen LogP) is 2.19. The Bertz CT molecular complexity index is 734. The van der Waals surface area contributed by atoms with Crippen molar-refractivity contribution < 1.29 is 14.5 Å². The highest BCUT2D eigenvalue weighted by atomic mass is 16.5. The minimum absolute atomic E-state index is 0.0101. The zero-order chi connectivity index (χ0) is 18.8. The second-order valence-corrected chi connectivity index (χ2v) is 7.93. The average Bonchev–Trinajstić information content (AvgIpc) is 3.10. The number of aromatic nitrogens is 3. The van der Waals surface area contributed by atoms with Crippen molar-refractivity contribution >= 4 is 12.9 Å². The van der Waals surface area contributed by atoms with Gasteiger partial charge < -0.3 is 14.5 Å². The molecular formula is C19H28BN3O3. The molecule has 1 unspecified atom stereocenters. The van der Waals surface area contributed by atoms with E-state index in [9.17, 15) is 5.11 Å². The number of ether oxygens (including phenoxy) is 1. The Morgan fingerprint density at radius 1 is 1.27 bits per heavy atom. The first-order chi connectivity index (χ1) is 12.3. The standard InChI is InChI=1S/C19H28BN3O3/c1-18(2,24)19(3,4)26-20-15-9-7-8-14(12-15)17-21-13-23(22-17)16-10-5-6-11-25-16/h7-9,12-13,16,20,24H,5-6,10-11H2,1-4H3. The molecular weight excluding hydrogens is 329 g/mol. The van der Waals surface area contributed by atoms with Crippen molar-refractivity contribution in [2.45, 2.75) is 64.4 Å². The van der Waals surface area contributed by atoms with Gasteiger partial charge in [-0.1, -0.05) is 29.7 Å². The van der Waals surface area contributed by atoms with Gasteiger partial charge in [0.2, 0.25) is 0 Å². The van der Waals surface area contributed by atoms with E-state index in [0.29, 0.717) is 13.3 Å². The Balaban J connectivity index is 1.70. The number of nitrogens with zero attached hydrogens (tertiary/aromatic N) is 3. The van der Waals surface area contributed by atoms with Gasteiger partial charge in [-0.05, 0) is 47.0 Å². The van der Waals surface area contributed by atoms with Crippen molar-refractivity contribution in [3.63, 3.8) is 0 Å². The molecule has 0 amide bonds. The summed E-state index contributed by atoms with van der Waals surface area (Å²) in [6.07, 6.45) is 4.98. The van der Waals surface area contributed by atoms with Crippen LogP contribution in [0, 0.1) is 0 Å². The summed E-state index contributed by atoms with van der Waals surface area (Å²) in [5.41, 5.74) is 0.387. The maximum absolute atomic E-state index is 10.2. The van der Waals surface area contributed by atoms with Crippen molar-refractivity contribution in [1.82, 2.24) is 14.8 Å². The van der Waals surface area contributed by atoms with Crippen molar-refractivity contribution in [3.05, 3.63) is 30.6 Å². The van der Waals surface area contributed by atoms with Crippen LogP contribution in [0.5, 0.6) is 0 Å². The average molecular weight is 357 g/mol. The molecule has 0 spiro atoms. The Morgan fingerprint density at radius 2 is 2.08 bits per heavy atom. The van der Waals surface area contributed by atoms with Gasteiger partial charge in [-0.2, -0.15) is 0 Å². The Morgan fingerprint density at radius 3 is 2.77 bits per heavy atom. The van der Waals surface area contributed by atoms with Crippen molar-refractivity contribution in [3.8, 4) is 11.4 Å². The molecule has 1 atom stereocenters. The van der Waals surface area contributed by atoms with E-state index in [1.54, 1.807) is 20.2 Å². The highest BCUT2D eigenvalue weighted by molar-refractivity contribution is 6.47. The van der Waals surface area contributed by atoms with Gasteiger partial charge >= 0.3 is 7.48 Å². The zero-order valence-electron chi connectivity index (χ0n) is 16.1. The molecule has 2 heterocycles. The van der Waals surface area contributed by atoms with E-state index < -0.39 is 11.2 Å². The van der Waals surface area contributed by atoms with Gasteiger partial charge in [0.1, 0.15) is 6.33 Å². The Labute approximate surface area is 155 Å². The van der Waals surface area contributed by atoms with E-state index in [1.165, 1.54) is 0 Å². The van der Waals surface area contributed by atoms with Crippen LogP contribution in [0.4, 0.5) is 0 Å². The molecule has 0 saturated carbocycles. The summed E-state index contributed by atoms with van der Waals surface area (Å²) < 4.78 is 13.5. The van der Waals surface area contributed by atoms with Gasteiger partial charge in [0.15, 0.2) is 12.1 Å². The van der Waals surface area contributed by atoms with Crippen LogP contribution in [-0.4, -0.2) is 45.2 Å². The van der Waals surface area contributed by atoms with Crippen LogP contribution in [0.25, 0.3) is 11.4 Å². The van der Waals surface area contributed by atoms with Gasteiger partial charge in [0, 0.05) is 12.2 Å². The molecule has 0 aliphatic carbocycles. The molecule has 26 heavy (non-hydrogen) atoms. The van der Waals surface area contributed by atoms with Crippen LogP contribution < -0.4 is 5.46 Å². The van der Waals surface area contributed by atoms with Crippen molar-refractivity contribution in [1.29, 1.82) is 0 Å². The third-order valence-electron chi connectivity index (χ3n) is 5.22. The first-order valence-electron chi connectivity index (χ1n) is 9.25. The minimum atomic E-state index is -0.926. The first-order valence-corrected chi connectivity index (χ1v) is 9.25. The number of hydrogen-bond acceptors (Lipinski definition) is 5. The van der Waals surface area contributed by atoms with E-state index >= 15 is 0 Å². The highest BCUT2D eigenvalue weighted by Crippen LogP contribution is 2.25. The molecule has 2 aromatic rings. The fourth-order valence-electron chi connectivity index (χ4n) is 2.72. The molecule has 7 heteroatoms. The largest absolute Gasteiger partial charge is 0.427 e. The lowest BCUT2D eigenvalue weighted by atomic mass is 9.82. The van der Waals surface area contributed by atoms with Crippen LogP contribution >= 0.6 is 0 Å². The third kappa shape index (κ3) is 4.34. The molecule has 0 bridgehead atoms. The topological polar surface area (TPSA) is 69.4 Å². The molecule has 1 aliphatic heterocycles. The number of rotatable bonds is 6. The summed E-state index contributed by atoms with van der Waals surface area (Å²) in [4.78, 5) is 4.44. The fraction of sp³-hybridized carbons (Fsp3) is 0.579. The molecule has 3 rings (SSSR count). The summed E-state index contributed by atoms with van der Waals surface area (Å²) in [6.45, 7) is 8.08. The maximum Gasteiger partial charge on any atom is 0.309 e. The molecule has 0 radical (unpaired) electrons. The zero-order valence-corrected chi connectivity index (χ0v) is 16.1. The fourth-order valence-corrected chi connectivity index (χ4v) is 2.72. The summed E-state index contributed by atoms with van der Waals surface area (Å²) in [5.74, 6) is 0.683. The molecule has 1 saturated heterocycles. The molecule has 6 nitrogen and oxygen atoms in total. The second kappa shape index (κ2) is 7.51. The van der Waals surface area contributed by atoms with Crippen LogP contribution in [0.1, 0.15) is 53.2 Å². The molecule has 140 valence electrons. The van der Waals surface area contributed by atoms with Crippen LogP contribution in [-0.2, 0) is 9.39 Å². The van der Waals surface area contributed by atoms with Gasteiger partial charge in [-0.3, -0.25) is 0 Å². The van der Waals surface area contributed by atoms with E-state index in [1.807, 2.05) is 42.8 Å². The smallest absolute Gasteiger partial charge is 0.309 e. The molecule has 1 fully saturated rings. The molecule has 1 aromatic carbocycles. The summed E-state index contributed by atoms with van der Waals surface area (Å²) in [5, 5.41) is 14.8. The van der Waals surface area contributed by atoms with Gasteiger partial charge in [0.05, 0.1) is 11.2 Å². The van der Waals surface area contributed by atoms with Gasteiger partial charge in [0.25, 0.3) is 0 Å². The van der Waals surface area contributed by atoms with E-state index in [-0.39, 0.29) is 6.23 Å². The lowest BCUT2D eigenvalue weighted by Gasteiger charge is -2.37. The van der Waals surface area contributed by atoms with E-state index in [2.05, 4.69) is 10.1 Å². The summed E-state index contributed by atoms with van der Waals surface area (Å²) >= 11 is 0. The third-order valence-corrected chi connectivity index (χ3v) is 5.22. The number of hydrogen-bond donors (Lipinski definition) is 1. The monoisotopic (exact) mass is 357 g/mol. The van der Waals surface area contributed by atoms with Crippen molar-refractivity contribution in [2.75, 3.05) is 6.61 Å². The quantitative estimate of drug-likeness (QED) is 0.803. The second-order valence-electron chi connectivity index (χ2n) is 7.93.